The first-order valence-corrected chi connectivity index (χ1v) is 7.20. The maximum Gasteiger partial charge on any atom is 0.244 e. The molecule has 0 bridgehead atoms. The predicted octanol–water partition coefficient (Wildman–Crippen LogP) is 3.58. The highest BCUT2D eigenvalue weighted by Gasteiger charge is 2.27. The highest BCUT2D eigenvalue weighted by atomic mass is 35.5. The summed E-state index contributed by atoms with van der Waals surface area (Å²) >= 11 is 6.12. The van der Waals surface area contributed by atoms with Crippen molar-refractivity contribution in [2.75, 3.05) is 5.32 Å². The normalized spacial score (nSPS) is 13.9. The summed E-state index contributed by atoms with van der Waals surface area (Å²) < 4.78 is 5.54. The van der Waals surface area contributed by atoms with Crippen LogP contribution in [0.5, 0.6) is 5.75 Å². The second-order valence-corrected chi connectivity index (χ2v) is 5.84. The van der Waals surface area contributed by atoms with Gasteiger partial charge in [-0.2, -0.15) is 0 Å². The lowest BCUT2D eigenvalue weighted by molar-refractivity contribution is -0.120. The van der Waals surface area contributed by atoms with Crippen LogP contribution < -0.4 is 15.8 Å². The third kappa shape index (κ3) is 4.69. The van der Waals surface area contributed by atoms with Gasteiger partial charge in [0.05, 0.1) is 16.7 Å². The molecule has 1 amide bonds. The molecular weight excluding hydrogens is 276 g/mol. The first kappa shape index (κ1) is 16.8. The highest BCUT2D eigenvalue weighted by Crippen LogP contribution is 2.28. The van der Waals surface area contributed by atoms with E-state index in [2.05, 4.69) is 5.32 Å². The van der Waals surface area contributed by atoms with E-state index in [9.17, 15) is 4.79 Å². The van der Waals surface area contributed by atoms with Crippen LogP contribution in [0.15, 0.2) is 18.2 Å². The molecule has 0 aliphatic carbocycles. The molecule has 0 aromatic heterocycles. The third-order valence-electron chi connectivity index (χ3n) is 2.84. The molecule has 1 aromatic carbocycles. The van der Waals surface area contributed by atoms with Crippen LogP contribution in [-0.4, -0.2) is 17.6 Å². The SMILES string of the molecule is CCCC(C)(N)C(=O)Nc1ccc(OC(C)C)c(Cl)c1. The summed E-state index contributed by atoms with van der Waals surface area (Å²) in [6, 6.07) is 5.16. The number of nitrogens with one attached hydrogen (secondary N) is 1. The van der Waals surface area contributed by atoms with Gasteiger partial charge in [0.1, 0.15) is 5.75 Å². The molecule has 3 N–H and O–H groups in total. The number of benzene rings is 1. The van der Waals surface area contributed by atoms with Gasteiger partial charge in [-0.05, 0) is 45.4 Å². The molecule has 0 aliphatic heterocycles. The summed E-state index contributed by atoms with van der Waals surface area (Å²) in [5.74, 6) is 0.386. The molecule has 0 fully saturated rings. The molecule has 0 saturated carbocycles. The quantitative estimate of drug-likeness (QED) is 0.843. The van der Waals surface area contributed by atoms with Crippen LogP contribution in [0, 0.1) is 0 Å². The van der Waals surface area contributed by atoms with Gasteiger partial charge in [0.25, 0.3) is 0 Å². The Kier molecular flexibility index (Phi) is 5.84. The Hall–Kier alpha value is -1.26. The number of amides is 1. The Bertz CT molecular complexity index is 473. The maximum atomic E-state index is 12.1. The Morgan fingerprint density at radius 2 is 2.15 bits per heavy atom. The van der Waals surface area contributed by atoms with Gasteiger partial charge in [-0.25, -0.2) is 0 Å². The fourth-order valence-corrected chi connectivity index (χ4v) is 2.06. The van der Waals surface area contributed by atoms with Crippen molar-refractivity contribution < 1.29 is 9.53 Å². The minimum atomic E-state index is -0.881. The Balaban J connectivity index is 2.79. The molecule has 1 unspecified atom stereocenters. The molecule has 0 spiro atoms. The van der Waals surface area contributed by atoms with E-state index in [0.717, 1.165) is 6.42 Å². The smallest absolute Gasteiger partial charge is 0.244 e. The van der Waals surface area contributed by atoms with E-state index in [1.807, 2.05) is 20.8 Å². The van der Waals surface area contributed by atoms with E-state index in [1.165, 1.54) is 0 Å². The third-order valence-corrected chi connectivity index (χ3v) is 3.14. The van der Waals surface area contributed by atoms with Crippen molar-refractivity contribution in [3.63, 3.8) is 0 Å². The number of nitrogens with two attached hydrogens (primary N) is 1. The summed E-state index contributed by atoms with van der Waals surface area (Å²) in [6.45, 7) is 7.57. The molecule has 20 heavy (non-hydrogen) atoms. The monoisotopic (exact) mass is 298 g/mol. The van der Waals surface area contributed by atoms with Gasteiger partial charge >= 0.3 is 0 Å². The van der Waals surface area contributed by atoms with Crippen LogP contribution >= 0.6 is 11.6 Å². The zero-order chi connectivity index (χ0) is 15.3. The standard InChI is InChI=1S/C15H23ClN2O2/c1-5-8-15(4,17)14(19)18-11-6-7-13(12(16)9-11)20-10(2)3/h6-7,9-10H,5,8,17H2,1-4H3,(H,18,19). The minimum Gasteiger partial charge on any atom is -0.489 e. The first-order chi connectivity index (χ1) is 9.26. The molecule has 0 saturated heterocycles. The van der Waals surface area contributed by atoms with Crippen LogP contribution in [0.1, 0.15) is 40.5 Å². The van der Waals surface area contributed by atoms with Gasteiger partial charge in [-0.1, -0.05) is 24.9 Å². The number of ether oxygens (including phenoxy) is 1. The van der Waals surface area contributed by atoms with E-state index in [4.69, 9.17) is 22.1 Å². The largest absolute Gasteiger partial charge is 0.489 e. The first-order valence-electron chi connectivity index (χ1n) is 6.83. The van der Waals surface area contributed by atoms with Crippen LogP contribution in [0.4, 0.5) is 5.69 Å². The maximum absolute atomic E-state index is 12.1. The van der Waals surface area contributed by atoms with Crippen LogP contribution in [-0.2, 0) is 4.79 Å². The molecular formula is C15H23ClN2O2. The van der Waals surface area contributed by atoms with Crippen molar-refractivity contribution in [2.24, 2.45) is 5.73 Å². The highest BCUT2D eigenvalue weighted by molar-refractivity contribution is 6.32. The molecule has 0 aliphatic rings. The number of carbonyl (C=O) groups is 1. The van der Waals surface area contributed by atoms with E-state index >= 15 is 0 Å². The molecule has 1 aromatic rings. The zero-order valence-electron chi connectivity index (χ0n) is 12.5. The van der Waals surface area contributed by atoms with Gasteiger partial charge in [0.15, 0.2) is 0 Å². The van der Waals surface area contributed by atoms with Crippen LogP contribution in [0.3, 0.4) is 0 Å². The molecule has 5 heteroatoms. The second-order valence-electron chi connectivity index (χ2n) is 5.43. The average Bonchev–Trinajstić information content (AvgIpc) is 2.32. The lowest BCUT2D eigenvalue weighted by Crippen LogP contribution is -2.48. The lowest BCUT2D eigenvalue weighted by Gasteiger charge is -2.23. The van der Waals surface area contributed by atoms with E-state index in [0.29, 0.717) is 22.9 Å². The molecule has 112 valence electrons. The Labute approximate surface area is 125 Å². The van der Waals surface area contributed by atoms with Gasteiger partial charge in [-0.3, -0.25) is 4.79 Å². The van der Waals surface area contributed by atoms with Crippen molar-refractivity contribution in [2.45, 2.75) is 52.2 Å². The van der Waals surface area contributed by atoms with Crippen molar-refractivity contribution in [1.82, 2.24) is 0 Å². The van der Waals surface area contributed by atoms with Gasteiger partial charge in [0, 0.05) is 5.69 Å². The summed E-state index contributed by atoms with van der Waals surface area (Å²) in [5.41, 5.74) is 5.72. The van der Waals surface area contributed by atoms with Gasteiger partial charge in [0.2, 0.25) is 5.91 Å². The summed E-state index contributed by atoms with van der Waals surface area (Å²) in [5, 5.41) is 3.25. The number of hydrogen-bond donors (Lipinski definition) is 2. The fourth-order valence-electron chi connectivity index (χ4n) is 1.83. The summed E-state index contributed by atoms with van der Waals surface area (Å²) in [4.78, 5) is 12.1. The number of anilines is 1. The molecule has 0 radical (unpaired) electrons. The number of carbonyl (C=O) groups excluding carboxylic acids is 1. The van der Waals surface area contributed by atoms with Crippen molar-refractivity contribution in [3.05, 3.63) is 23.2 Å². The van der Waals surface area contributed by atoms with Crippen molar-refractivity contribution >= 4 is 23.2 Å². The number of hydrogen-bond acceptors (Lipinski definition) is 3. The summed E-state index contributed by atoms with van der Waals surface area (Å²) in [6.07, 6.45) is 1.52. The lowest BCUT2D eigenvalue weighted by atomic mass is 9.96. The van der Waals surface area contributed by atoms with Crippen LogP contribution in [0.2, 0.25) is 5.02 Å². The van der Waals surface area contributed by atoms with E-state index in [-0.39, 0.29) is 12.0 Å². The number of rotatable bonds is 6. The van der Waals surface area contributed by atoms with Crippen LogP contribution in [0.25, 0.3) is 0 Å². The van der Waals surface area contributed by atoms with Crippen molar-refractivity contribution in [1.29, 1.82) is 0 Å². The molecule has 1 rings (SSSR count). The predicted molar refractivity (Wildman–Crippen MR) is 83.3 cm³/mol. The Morgan fingerprint density at radius 1 is 1.50 bits per heavy atom. The molecule has 4 nitrogen and oxygen atoms in total. The second kappa shape index (κ2) is 6.95. The minimum absolute atomic E-state index is 0.0461. The van der Waals surface area contributed by atoms with E-state index in [1.54, 1.807) is 25.1 Å². The zero-order valence-corrected chi connectivity index (χ0v) is 13.3. The molecule has 0 heterocycles. The summed E-state index contributed by atoms with van der Waals surface area (Å²) in [7, 11) is 0. The Morgan fingerprint density at radius 3 is 2.65 bits per heavy atom. The average molecular weight is 299 g/mol. The van der Waals surface area contributed by atoms with Crippen molar-refractivity contribution in [3.8, 4) is 5.75 Å². The topological polar surface area (TPSA) is 64.4 Å². The fraction of sp³-hybridized carbons (Fsp3) is 0.533. The van der Waals surface area contributed by atoms with Gasteiger partial charge < -0.3 is 15.8 Å². The van der Waals surface area contributed by atoms with Gasteiger partial charge in [-0.15, -0.1) is 0 Å². The number of halogens is 1. The van der Waals surface area contributed by atoms with E-state index < -0.39 is 5.54 Å². The molecule has 1 atom stereocenters.